The molecule has 0 N–H and O–H groups in total. The van der Waals surface area contributed by atoms with Gasteiger partial charge >= 0.3 is 0 Å². The molecule has 1 aliphatic rings. The molecule has 1 aromatic carbocycles. The summed E-state index contributed by atoms with van der Waals surface area (Å²) in [5.74, 6) is -0.309. The Hall–Kier alpha value is -0.850. The summed E-state index contributed by atoms with van der Waals surface area (Å²) >= 11 is 5.86. The molecule has 4 nitrogen and oxygen atoms in total. The van der Waals surface area contributed by atoms with Gasteiger partial charge in [0.2, 0.25) is 9.84 Å². The molecule has 0 aliphatic carbocycles. The smallest absolute Gasteiger partial charge is 0.202 e. The van der Waals surface area contributed by atoms with Gasteiger partial charge in [-0.15, -0.1) is 0 Å². The van der Waals surface area contributed by atoms with Crippen molar-refractivity contribution in [2.45, 2.75) is 11.8 Å². The van der Waals surface area contributed by atoms with Gasteiger partial charge in [-0.3, -0.25) is 0 Å². The number of hydrogen-bond donors (Lipinski definition) is 0. The minimum absolute atomic E-state index is 0.00738. The van der Waals surface area contributed by atoms with E-state index in [1.165, 1.54) is 13.0 Å². The fraction of sp³-hybridized carbons (Fsp3) is 0.273. The maximum absolute atomic E-state index is 11.9. The molecule has 0 radical (unpaired) electrons. The van der Waals surface area contributed by atoms with Crippen molar-refractivity contribution in [3.8, 4) is 0 Å². The molecule has 1 heterocycles. The predicted molar refractivity (Wildman–Crippen MR) is 70.9 cm³/mol. The van der Waals surface area contributed by atoms with E-state index in [1.54, 1.807) is 12.1 Å². The van der Waals surface area contributed by atoms with Crippen LogP contribution < -0.4 is 0 Å². The van der Waals surface area contributed by atoms with E-state index in [0.29, 0.717) is 5.56 Å². The monoisotopic (exact) mass is 306 g/mol. The zero-order valence-electron chi connectivity index (χ0n) is 9.55. The van der Waals surface area contributed by atoms with Crippen molar-refractivity contribution in [3.63, 3.8) is 0 Å². The first-order valence-corrected chi connectivity index (χ1v) is 8.96. The quantitative estimate of drug-likeness (QED) is 0.855. The van der Waals surface area contributed by atoms with Gasteiger partial charge < -0.3 is 0 Å². The summed E-state index contributed by atoms with van der Waals surface area (Å²) in [6, 6.07) is 4.65. The number of benzene rings is 1. The Morgan fingerprint density at radius 2 is 1.94 bits per heavy atom. The van der Waals surface area contributed by atoms with E-state index < -0.39 is 19.7 Å². The van der Waals surface area contributed by atoms with Gasteiger partial charge in [-0.1, -0.05) is 30.7 Å². The van der Waals surface area contributed by atoms with Crippen LogP contribution >= 0.6 is 11.6 Å². The van der Waals surface area contributed by atoms with E-state index in [0.717, 1.165) is 5.41 Å². The minimum atomic E-state index is -3.62. The van der Waals surface area contributed by atoms with Crippen molar-refractivity contribution in [1.29, 1.82) is 0 Å². The van der Waals surface area contributed by atoms with E-state index in [1.807, 2.05) is 0 Å². The van der Waals surface area contributed by atoms with E-state index in [2.05, 4.69) is 0 Å². The fourth-order valence-electron chi connectivity index (χ4n) is 1.81. The summed E-state index contributed by atoms with van der Waals surface area (Å²) in [5, 5.41) is 1.11. The summed E-state index contributed by atoms with van der Waals surface area (Å²) in [5.41, 5.74) is 0.675. The number of sulfone groups is 2. The fourth-order valence-corrected chi connectivity index (χ4v) is 4.88. The third-order valence-corrected chi connectivity index (χ3v) is 6.37. The molecule has 2 rings (SSSR count). The molecular formula is C11H11ClO4S2. The molecule has 0 aromatic heterocycles. The van der Waals surface area contributed by atoms with Crippen LogP contribution in [-0.4, -0.2) is 28.3 Å². The Morgan fingerprint density at radius 3 is 2.56 bits per heavy atom. The van der Waals surface area contributed by atoms with Gasteiger partial charge in [-0.05, 0) is 17.2 Å². The maximum atomic E-state index is 11.9. The lowest BCUT2D eigenvalue weighted by Gasteiger charge is -2.05. The van der Waals surface area contributed by atoms with Crippen LogP contribution in [0.25, 0.3) is 5.57 Å². The molecule has 0 fully saturated rings. The second-order valence-corrected chi connectivity index (χ2v) is 8.48. The Labute approximate surface area is 111 Å². The molecule has 0 amide bonds. The lowest BCUT2D eigenvalue weighted by Crippen LogP contribution is -2.09. The van der Waals surface area contributed by atoms with E-state index in [9.17, 15) is 16.8 Å². The van der Waals surface area contributed by atoms with Gasteiger partial charge in [-0.25, -0.2) is 16.8 Å². The number of rotatable bonds is 3. The molecule has 0 unspecified atom stereocenters. The van der Waals surface area contributed by atoms with Crippen molar-refractivity contribution in [1.82, 2.24) is 0 Å². The Balaban J connectivity index is 2.60. The average Bonchev–Trinajstić information content (AvgIpc) is 2.51. The molecule has 18 heavy (non-hydrogen) atoms. The number of halogens is 1. The molecule has 0 spiro atoms. The van der Waals surface area contributed by atoms with Crippen LogP contribution in [0.2, 0.25) is 5.02 Å². The molecule has 0 saturated carbocycles. The molecule has 7 heteroatoms. The first-order valence-electron chi connectivity index (χ1n) is 5.22. The summed E-state index contributed by atoms with van der Waals surface area (Å²) in [6.45, 7) is 1.53. The maximum Gasteiger partial charge on any atom is 0.202 e. The Morgan fingerprint density at radius 1 is 1.28 bits per heavy atom. The summed E-state index contributed by atoms with van der Waals surface area (Å²) in [7, 11) is -6.91. The molecule has 1 aliphatic heterocycles. The van der Waals surface area contributed by atoms with Gasteiger partial charge in [0.15, 0.2) is 9.84 Å². The van der Waals surface area contributed by atoms with Crippen molar-refractivity contribution in [2.75, 3.05) is 11.5 Å². The van der Waals surface area contributed by atoms with Crippen LogP contribution in [0.3, 0.4) is 0 Å². The van der Waals surface area contributed by atoms with E-state index in [-0.39, 0.29) is 27.0 Å². The second-order valence-electron chi connectivity index (χ2n) is 3.98. The largest absolute Gasteiger partial charge is 0.229 e. The molecular weight excluding hydrogens is 296 g/mol. The predicted octanol–water partition coefficient (Wildman–Crippen LogP) is 1.90. The standard InChI is InChI=1S/C11H11ClO4S2/c1-2-17(13,14)6-8-7-18(15,16)11-9(8)4-3-5-10(11)12/h3-5,7H,2,6H2,1H3. The third-order valence-electron chi connectivity index (χ3n) is 2.71. The minimum Gasteiger partial charge on any atom is -0.229 e. The Bertz CT molecular complexity index is 730. The Kier molecular flexibility index (Phi) is 3.29. The summed E-state index contributed by atoms with van der Waals surface area (Å²) in [6.07, 6.45) is 0. The van der Waals surface area contributed by atoms with E-state index >= 15 is 0 Å². The molecule has 98 valence electrons. The van der Waals surface area contributed by atoms with Crippen LogP contribution in [0.5, 0.6) is 0 Å². The van der Waals surface area contributed by atoms with Crippen molar-refractivity contribution >= 4 is 36.8 Å². The highest BCUT2D eigenvalue weighted by Crippen LogP contribution is 2.38. The second kappa shape index (κ2) is 4.36. The lowest BCUT2D eigenvalue weighted by atomic mass is 10.1. The lowest BCUT2D eigenvalue weighted by molar-refractivity contribution is 0.600. The van der Waals surface area contributed by atoms with E-state index in [4.69, 9.17) is 11.6 Å². The molecule has 0 saturated heterocycles. The first-order chi connectivity index (χ1) is 8.27. The van der Waals surface area contributed by atoms with Crippen LogP contribution in [0.4, 0.5) is 0 Å². The number of hydrogen-bond acceptors (Lipinski definition) is 4. The van der Waals surface area contributed by atoms with Gasteiger partial charge in [0, 0.05) is 11.2 Å². The topological polar surface area (TPSA) is 68.3 Å². The summed E-state index contributed by atoms with van der Waals surface area (Å²) < 4.78 is 47.0. The van der Waals surface area contributed by atoms with Crippen molar-refractivity contribution < 1.29 is 16.8 Å². The molecule has 0 bridgehead atoms. The highest BCUT2D eigenvalue weighted by atomic mass is 35.5. The zero-order valence-corrected chi connectivity index (χ0v) is 11.9. The summed E-state index contributed by atoms with van der Waals surface area (Å²) in [4.78, 5) is 0.00738. The van der Waals surface area contributed by atoms with Gasteiger partial charge in [0.05, 0.1) is 15.7 Å². The van der Waals surface area contributed by atoms with Crippen molar-refractivity contribution in [3.05, 3.63) is 34.2 Å². The van der Waals surface area contributed by atoms with Gasteiger partial charge in [0.25, 0.3) is 0 Å². The highest BCUT2D eigenvalue weighted by molar-refractivity contribution is 7.95. The third kappa shape index (κ3) is 2.32. The average molecular weight is 307 g/mol. The highest BCUT2D eigenvalue weighted by Gasteiger charge is 2.31. The van der Waals surface area contributed by atoms with Crippen LogP contribution in [0, 0.1) is 0 Å². The van der Waals surface area contributed by atoms with Crippen LogP contribution in [0.1, 0.15) is 12.5 Å². The molecule has 0 atom stereocenters. The number of fused-ring (bicyclic) bond motifs is 1. The van der Waals surface area contributed by atoms with Crippen LogP contribution in [0.15, 0.2) is 28.5 Å². The van der Waals surface area contributed by atoms with Crippen LogP contribution in [-0.2, 0) is 19.7 Å². The zero-order chi connectivity index (χ0) is 13.6. The normalized spacial score (nSPS) is 17.3. The van der Waals surface area contributed by atoms with Crippen molar-refractivity contribution in [2.24, 2.45) is 0 Å². The molecule has 1 aromatic rings. The first kappa shape index (κ1) is 13.6. The van der Waals surface area contributed by atoms with Gasteiger partial charge in [0.1, 0.15) is 0 Å². The van der Waals surface area contributed by atoms with Gasteiger partial charge in [-0.2, -0.15) is 0 Å². The SMILES string of the molecule is CCS(=O)(=O)CC1=CS(=O)(=O)c2c(Cl)cccc21.